The van der Waals surface area contributed by atoms with Crippen LogP contribution in [0.1, 0.15) is 23.4 Å². The Morgan fingerprint density at radius 1 is 1.33 bits per heavy atom. The van der Waals surface area contributed by atoms with Gasteiger partial charge in [-0.25, -0.2) is 0 Å². The minimum absolute atomic E-state index is 0.664. The van der Waals surface area contributed by atoms with Gasteiger partial charge >= 0.3 is 0 Å². The Bertz CT molecular complexity index is 639. The zero-order valence-electron chi connectivity index (χ0n) is 12.6. The van der Waals surface area contributed by atoms with Crippen molar-refractivity contribution in [3.05, 3.63) is 29.2 Å². The number of ether oxygens (including phenoxy) is 2. The Labute approximate surface area is 124 Å². The number of hydrogen-bond acceptors (Lipinski definition) is 5. The van der Waals surface area contributed by atoms with Gasteiger partial charge in [-0.3, -0.25) is 10.1 Å². The summed E-state index contributed by atoms with van der Waals surface area (Å²) in [5.74, 6) is 2.43. The van der Waals surface area contributed by atoms with E-state index in [4.69, 9.17) is 9.47 Å². The van der Waals surface area contributed by atoms with Gasteiger partial charge in [-0.1, -0.05) is 0 Å². The lowest BCUT2D eigenvalue weighted by molar-refractivity contribution is 0.349. The molecule has 1 aliphatic rings. The summed E-state index contributed by atoms with van der Waals surface area (Å²) in [6.07, 6.45) is 3.95. The molecule has 0 aromatic carbocycles. The molecule has 3 rings (SSSR count). The van der Waals surface area contributed by atoms with Gasteiger partial charge in [0.1, 0.15) is 5.69 Å². The van der Waals surface area contributed by atoms with Gasteiger partial charge in [-0.05, 0) is 19.8 Å². The van der Waals surface area contributed by atoms with Gasteiger partial charge in [0, 0.05) is 30.1 Å². The molecule has 0 radical (unpaired) electrons. The maximum atomic E-state index is 5.46. The average molecular weight is 288 g/mol. The molecule has 0 spiro atoms. The number of anilines is 1. The molecule has 0 atom stereocenters. The molecule has 21 heavy (non-hydrogen) atoms. The fourth-order valence-electron chi connectivity index (χ4n) is 2.85. The lowest BCUT2D eigenvalue weighted by Crippen LogP contribution is -2.29. The zero-order chi connectivity index (χ0) is 14.8. The van der Waals surface area contributed by atoms with Gasteiger partial charge in [-0.2, -0.15) is 5.10 Å². The molecule has 0 aliphatic carbocycles. The van der Waals surface area contributed by atoms with Crippen molar-refractivity contribution in [2.75, 3.05) is 25.7 Å². The van der Waals surface area contributed by atoms with Crippen LogP contribution in [0.4, 0.5) is 5.82 Å². The summed E-state index contributed by atoms with van der Waals surface area (Å²) in [6.45, 7) is 3.71. The maximum absolute atomic E-state index is 5.46. The zero-order valence-corrected chi connectivity index (χ0v) is 12.6. The van der Waals surface area contributed by atoms with Gasteiger partial charge < -0.3 is 14.4 Å². The van der Waals surface area contributed by atoms with Crippen LogP contribution in [0, 0.1) is 6.92 Å². The van der Waals surface area contributed by atoms with Gasteiger partial charge in [-0.15, -0.1) is 0 Å². The van der Waals surface area contributed by atoms with Gasteiger partial charge in [0.25, 0.3) is 0 Å². The Morgan fingerprint density at radius 2 is 2.19 bits per heavy atom. The molecular formula is C15H20N4O2. The van der Waals surface area contributed by atoms with E-state index >= 15 is 0 Å². The summed E-state index contributed by atoms with van der Waals surface area (Å²) in [6, 6.07) is 1.81. The quantitative estimate of drug-likeness (QED) is 0.933. The van der Waals surface area contributed by atoms with Gasteiger partial charge in [0.05, 0.1) is 20.8 Å². The lowest BCUT2D eigenvalue weighted by atomic mass is 10.1. The molecule has 0 amide bonds. The van der Waals surface area contributed by atoms with E-state index in [1.165, 1.54) is 5.56 Å². The third-order valence-corrected chi connectivity index (χ3v) is 3.91. The number of rotatable bonds is 4. The SMILES string of the molecule is COc1ccnc(CN2CCCc3c2n[nH]c3C)c1OC. The summed E-state index contributed by atoms with van der Waals surface area (Å²) < 4.78 is 10.8. The molecule has 112 valence electrons. The fourth-order valence-corrected chi connectivity index (χ4v) is 2.85. The molecule has 2 aromatic rings. The third-order valence-electron chi connectivity index (χ3n) is 3.91. The van der Waals surface area contributed by atoms with Gasteiger partial charge in [0.2, 0.25) is 0 Å². The lowest BCUT2D eigenvalue weighted by Gasteiger charge is -2.28. The molecule has 0 saturated heterocycles. The first-order valence-corrected chi connectivity index (χ1v) is 7.09. The number of fused-ring (bicyclic) bond motifs is 1. The Hall–Kier alpha value is -2.24. The van der Waals surface area contributed by atoms with Crippen LogP contribution in [0.15, 0.2) is 12.3 Å². The highest BCUT2D eigenvalue weighted by Crippen LogP contribution is 2.33. The van der Waals surface area contributed by atoms with Crippen LogP contribution >= 0.6 is 0 Å². The monoisotopic (exact) mass is 288 g/mol. The smallest absolute Gasteiger partial charge is 0.184 e. The van der Waals surface area contributed by atoms with E-state index in [-0.39, 0.29) is 0 Å². The van der Waals surface area contributed by atoms with Crippen LogP contribution in [0.25, 0.3) is 0 Å². The van der Waals surface area contributed by atoms with E-state index in [0.717, 1.165) is 36.6 Å². The molecule has 3 heterocycles. The van der Waals surface area contributed by atoms with Crippen LogP contribution < -0.4 is 14.4 Å². The average Bonchev–Trinajstić information content (AvgIpc) is 2.89. The molecular weight excluding hydrogens is 268 g/mol. The summed E-state index contributed by atoms with van der Waals surface area (Å²) >= 11 is 0. The number of H-pyrrole nitrogens is 1. The highest BCUT2D eigenvalue weighted by Gasteiger charge is 2.23. The summed E-state index contributed by atoms with van der Waals surface area (Å²) in [7, 11) is 3.28. The number of aryl methyl sites for hydroxylation is 1. The topological polar surface area (TPSA) is 63.3 Å². The van der Waals surface area contributed by atoms with Crippen LogP contribution in [-0.4, -0.2) is 35.9 Å². The van der Waals surface area contributed by atoms with E-state index in [9.17, 15) is 0 Å². The second kappa shape index (κ2) is 5.63. The number of pyridine rings is 1. The third kappa shape index (κ3) is 2.41. The predicted octanol–water partition coefficient (Wildman–Crippen LogP) is 2.08. The molecule has 1 N–H and O–H groups in total. The normalized spacial score (nSPS) is 14.0. The highest BCUT2D eigenvalue weighted by atomic mass is 16.5. The molecule has 6 heteroatoms. The summed E-state index contributed by atoms with van der Waals surface area (Å²) in [4.78, 5) is 6.69. The fraction of sp³-hybridized carbons (Fsp3) is 0.467. The van der Waals surface area contributed by atoms with Crippen molar-refractivity contribution in [2.45, 2.75) is 26.3 Å². The first kappa shape index (κ1) is 13.7. The van der Waals surface area contributed by atoms with Crippen LogP contribution in [0.2, 0.25) is 0 Å². The largest absolute Gasteiger partial charge is 0.493 e. The Kier molecular flexibility index (Phi) is 3.68. The Balaban J connectivity index is 1.91. The minimum Gasteiger partial charge on any atom is -0.493 e. The summed E-state index contributed by atoms with van der Waals surface area (Å²) in [5.41, 5.74) is 3.33. The molecule has 1 aliphatic heterocycles. The van der Waals surface area contributed by atoms with Crippen molar-refractivity contribution in [1.82, 2.24) is 15.2 Å². The van der Waals surface area contributed by atoms with Crippen molar-refractivity contribution >= 4 is 5.82 Å². The number of aromatic nitrogens is 3. The van der Waals surface area contributed by atoms with E-state index in [2.05, 4.69) is 27.0 Å². The molecule has 0 bridgehead atoms. The first-order chi connectivity index (χ1) is 10.2. The van der Waals surface area contributed by atoms with E-state index in [0.29, 0.717) is 18.0 Å². The van der Waals surface area contributed by atoms with Crippen LogP contribution in [0.3, 0.4) is 0 Å². The molecule has 0 unspecified atom stereocenters. The molecule has 6 nitrogen and oxygen atoms in total. The number of aromatic amines is 1. The van der Waals surface area contributed by atoms with Crippen LogP contribution in [-0.2, 0) is 13.0 Å². The maximum Gasteiger partial charge on any atom is 0.184 e. The second-order valence-corrected chi connectivity index (χ2v) is 5.17. The van der Waals surface area contributed by atoms with Crippen molar-refractivity contribution in [2.24, 2.45) is 0 Å². The van der Waals surface area contributed by atoms with Crippen LogP contribution in [0.5, 0.6) is 11.5 Å². The molecule has 0 fully saturated rings. The first-order valence-electron chi connectivity index (χ1n) is 7.09. The number of hydrogen-bond donors (Lipinski definition) is 1. The number of methoxy groups -OCH3 is 2. The second-order valence-electron chi connectivity index (χ2n) is 5.17. The van der Waals surface area contributed by atoms with Crippen molar-refractivity contribution in [1.29, 1.82) is 0 Å². The summed E-state index contributed by atoms with van der Waals surface area (Å²) in [5, 5.41) is 7.51. The van der Waals surface area contributed by atoms with Crippen molar-refractivity contribution < 1.29 is 9.47 Å². The Morgan fingerprint density at radius 3 is 2.95 bits per heavy atom. The minimum atomic E-state index is 0.664. The molecule has 2 aromatic heterocycles. The highest BCUT2D eigenvalue weighted by molar-refractivity contribution is 5.52. The van der Waals surface area contributed by atoms with E-state index in [1.54, 1.807) is 20.4 Å². The van der Waals surface area contributed by atoms with E-state index < -0.39 is 0 Å². The van der Waals surface area contributed by atoms with E-state index in [1.807, 2.05) is 6.07 Å². The number of nitrogens with zero attached hydrogens (tertiary/aromatic N) is 3. The predicted molar refractivity (Wildman–Crippen MR) is 80.0 cm³/mol. The number of nitrogens with one attached hydrogen (secondary N) is 1. The van der Waals surface area contributed by atoms with Gasteiger partial charge in [0.15, 0.2) is 17.3 Å². The molecule has 0 saturated carbocycles. The van der Waals surface area contributed by atoms with Crippen molar-refractivity contribution in [3.8, 4) is 11.5 Å². The van der Waals surface area contributed by atoms with Crippen molar-refractivity contribution in [3.63, 3.8) is 0 Å². The standard InChI is InChI=1S/C15H20N4O2/c1-10-11-5-4-8-19(15(11)18-17-10)9-12-14(21-3)13(20-2)6-7-16-12/h6-7H,4-5,8-9H2,1-3H3,(H,17,18).